The summed E-state index contributed by atoms with van der Waals surface area (Å²) in [6.07, 6.45) is -2.01. The molecule has 0 amide bonds. The van der Waals surface area contributed by atoms with Gasteiger partial charge in [-0.1, -0.05) is 13.8 Å². The molecule has 0 saturated carbocycles. The largest absolute Gasteiger partial charge is 0.434 e. The Labute approximate surface area is 180 Å². The molecule has 1 aromatic rings. The predicted molar refractivity (Wildman–Crippen MR) is 115 cm³/mol. The van der Waals surface area contributed by atoms with E-state index in [4.69, 9.17) is 0 Å². The lowest BCUT2D eigenvalue weighted by molar-refractivity contribution is -0.140. The van der Waals surface area contributed by atoms with Crippen molar-refractivity contribution >= 4 is 41.3 Å². The van der Waals surface area contributed by atoms with Crippen molar-refractivity contribution < 1.29 is 13.2 Å². The van der Waals surface area contributed by atoms with Gasteiger partial charge in [0.15, 0.2) is 11.7 Å². The monoisotopic (exact) mass is 519 g/mol. The zero-order chi connectivity index (χ0) is 19.2. The molecular weight excluding hydrogens is 490 g/mol. The number of aromatic nitrogens is 1. The fourth-order valence-electron chi connectivity index (χ4n) is 3.14. The normalized spacial score (nSPS) is 19.1. The summed E-state index contributed by atoms with van der Waals surface area (Å²) in [7, 11) is 1.66. The highest BCUT2D eigenvalue weighted by atomic mass is 127. The molecule has 156 valence electrons. The maximum atomic E-state index is 12.6. The van der Waals surface area contributed by atoms with Gasteiger partial charge in [-0.2, -0.15) is 13.2 Å². The van der Waals surface area contributed by atoms with Gasteiger partial charge in [-0.15, -0.1) is 35.3 Å². The molecule has 0 spiro atoms. The van der Waals surface area contributed by atoms with Crippen LogP contribution >= 0.6 is 35.3 Å². The molecule has 1 fully saturated rings. The minimum atomic E-state index is -4.39. The molecule has 1 aliphatic rings. The molecule has 0 aromatic carbocycles. The zero-order valence-corrected chi connectivity index (χ0v) is 19.1. The van der Waals surface area contributed by atoms with Crippen LogP contribution in [-0.4, -0.2) is 49.1 Å². The first-order valence-electron chi connectivity index (χ1n) is 8.96. The highest BCUT2D eigenvalue weighted by molar-refractivity contribution is 14.0. The van der Waals surface area contributed by atoms with E-state index < -0.39 is 11.9 Å². The number of nitrogens with one attached hydrogen (secondary N) is 2. The average molecular weight is 519 g/mol. The first-order chi connectivity index (χ1) is 12.3. The number of nitrogens with zero attached hydrogens (tertiary/aromatic N) is 3. The highest BCUT2D eigenvalue weighted by Crippen LogP contribution is 2.29. The first-order valence-corrected chi connectivity index (χ1v) is 9.84. The van der Waals surface area contributed by atoms with Crippen LogP contribution in [0.3, 0.4) is 0 Å². The molecule has 5 nitrogen and oxygen atoms in total. The Morgan fingerprint density at radius 1 is 1.41 bits per heavy atom. The third-order valence-electron chi connectivity index (χ3n) is 4.26. The number of likely N-dealkylation sites (tertiary alicyclic amines) is 1. The van der Waals surface area contributed by atoms with Crippen molar-refractivity contribution in [2.75, 3.05) is 33.2 Å². The molecule has 0 bridgehead atoms. The van der Waals surface area contributed by atoms with E-state index in [9.17, 15) is 13.2 Å². The van der Waals surface area contributed by atoms with E-state index in [-0.39, 0.29) is 30.5 Å². The second-order valence-electron chi connectivity index (χ2n) is 7.09. The van der Waals surface area contributed by atoms with Gasteiger partial charge in [0.05, 0.1) is 6.54 Å². The number of hydrogen-bond donors (Lipinski definition) is 2. The van der Waals surface area contributed by atoms with Crippen LogP contribution < -0.4 is 10.6 Å². The average Bonchev–Trinajstić information content (AvgIpc) is 3.04. The van der Waals surface area contributed by atoms with E-state index in [1.54, 1.807) is 7.05 Å². The number of hydrogen-bond acceptors (Lipinski definition) is 4. The SMILES string of the molecule is CN=C(NCc1nc(C(F)(F)F)cs1)NCC1CCCN(CC(C)C)C1.I. The molecule has 1 aliphatic heterocycles. The fourth-order valence-corrected chi connectivity index (χ4v) is 3.88. The van der Waals surface area contributed by atoms with Gasteiger partial charge in [-0.05, 0) is 31.2 Å². The summed E-state index contributed by atoms with van der Waals surface area (Å²) in [5.74, 6) is 1.81. The first kappa shape index (κ1) is 24.4. The molecule has 2 rings (SSSR count). The van der Waals surface area contributed by atoms with Crippen LogP contribution in [0, 0.1) is 11.8 Å². The fraction of sp³-hybridized carbons (Fsp3) is 0.765. The second kappa shape index (κ2) is 11.4. The van der Waals surface area contributed by atoms with Crippen LogP contribution in [0.25, 0.3) is 0 Å². The molecule has 1 atom stereocenters. The van der Waals surface area contributed by atoms with Crippen LogP contribution in [-0.2, 0) is 12.7 Å². The lowest BCUT2D eigenvalue weighted by Crippen LogP contribution is -2.44. The number of piperidine rings is 1. The van der Waals surface area contributed by atoms with Gasteiger partial charge in [-0.25, -0.2) is 4.98 Å². The summed E-state index contributed by atoms with van der Waals surface area (Å²) >= 11 is 0.998. The zero-order valence-electron chi connectivity index (χ0n) is 16.0. The number of thiazole rings is 1. The van der Waals surface area contributed by atoms with Gasteiger partial charge in [0.1, 0.15) is 5.01 Å². The van der Waals surface area contributed by atoms with Gasteiger partial charge in [0.2, 0.25) is 0 Å². The van der Waals surface area contributed by atoms with E-state index >= 15 is 0 Å². The molecule has 0 radical (unpaired) electrons. The topological polar surface area (TPSA) is 52.6 Å². The Morgan fingerprint density at radius 2 is 2.15 bits per heavy atom. The Hall–Kier alpha value is -0.620. The maximum Gasteiger partial charge on any atom is 0.434 e. The van der Waals surface area contributed by atoms with Crippen LogP contribution in [0.15, 0.2) is 10.4 Å². The standard InChI is InChI=1S/C17H28F3N5S.HI/c1-12(2)9-25-6-4-5-13(10-25)7-22-16(21-3)23-8-15-24-14(11-26-15)17(18,19)20;/h11-13H,4-10H2,1-3H3,(H2,21,22,23);1H. The highest BCUT2D eigenvalue weighted by Gasteiger charge is 2.33. The smallest absolute Gasteiger partial charge is 0.356 e. The van der Waals surface area contributed by atoms with E-state index in [2.05, 4.69) is 39.4 Å². The van der Waals surface area contributed by atoms with E-state index in [1.165, 1.54) is 12.8 Å². The lowest BCUT2D eigenvalue weighted by atomic mass is 9.97. The molecular formula is C17H29F3IN5S. The lowest BCUT2D eigenvalue weighted by Gasteiger charge is -2.34. The van der Waals surface area contributed by atoms with Gasteiger partial charge in [-0.3, -0.25) is 4.99 Å². The van der Waals surface area contributed by atoms with E-state index in [1.807, 2.05) is 0 Å². The van der Waals surface area contributed by atoms with Gasteiger partial charge < -0.3 is 15.5 Å². The second-order valence-corrected chi connectivity index (χ2v) is 8.04. The third-order valence-corrected chi connectivity index (χ3v) is 5.11. The number of guanidine groups is 1. The van der Waals surface area contributed by atoms with E-state index in [0.717, 1.165) is 42.9 Å². The van der Waals surface area contributed by atoms with Crippen LogP contribution in [0.4, 0.5) is 13.2 Å². The minimum absolute atomic E-state index is 0. The summed E-state index contributed by atoms with van der Waals surface area (Å²) < 4.78 is 37.8. The Balaban J connectivity index is 0.00000364. The summed E-state index contributed by atoms with van der Waals surface area (Å²) in [6.45, 7) is 8.85. The third kappa shape index (κ3) is 8.51. The number of alkyl halides is 3. The van der Waals surface area contributed by atoms with Crippen LogP contribution in [0.1, 0.15) is 37.4 Å². The van der Waals surface area contributed by atoms with Gasteiger partial charge in [0, 0.05) is 32.1 Å². The molecule has 1 aromatic heterocycles. The Kier molecular flexibility index (Phi) is 10.3. The molecule has 1 unspecified atom stereocenters. The van der Waals surface area contributed by atoms with Crippen LogP contribution in [0.5, 0.6) is 0 Å². The molecule has 2 N–H and O–H groups in total. The molecule has 1 saturated heterocycles. The summed E-state index contributed by atoms with van der Waals surface area (Å²) in [5.41, 5.74) is -0.838. The molecule has 27 heavy (non-hydrogen) atoms. The van der Waals surface area contributed by atoms with Gasteiger partial charge in [0.25, 0.3) is 0 Å². The van der Waals surface area contributed by atoms with Crippen molar-refractivity contribution in [1.82, 2.24) is 20.5 Å². The van der Waals surface area contributed by atoms with Crippen molar-refractivity contribution in [2.45, 2.75) is 39.4 Å². The van der Waals surface area contributed by atoms with Crippen LogP contribution in [0.2, 0.25) is 0 Å². The Bertz CT molecular complexity index is 591. The minimum Gasteiger partial charge on any atom is -0.356 e. The number of halogens is 4. The maximum absolute atomic E-state index is 12.6. The predicted octanol–water partition coefficient (Wildman–Crippen LogP) is 3.81. The van der Waals surface area contributed by atoms with Crippen molar-refractivity contribution in [3.8, 4) is 0 Å². The molecule has 10 heteroatoms. The number of rotatable bonds is 6. The summed E-state index contributed by atoms with van der Waals surface area (Å²) in [5, 5.41) is 7.76. The van der Waals surface area contributed by atoms with Crippen molar-refractivity contribution in [1.29, 1.82) is 0 Å². The molecule has 2 heterocycles. The Morgan fingerprint density at radius 3 is 2.74 bits per heavy atom. The molecule has 0 aliphatic carbocycles. The van der Waals surface area contributed by atoms with E-state index in [0.29, 0.717) is 22.8 Å². The van der Waals surface area contributed by atoms with Crippen molar-refractivity contribution in [2.24, 2.45) is 16.8 Å². The van der Waals surface area contributed by atoms with Crippen molar-refractivity contribution in [3.63, 3.8) is 0 Å². The quantitative estimate of drug-likeness (QED) is 0.341. The number of aliphatic imine (C=N–C) groups is 1. The van der Waals surface area contributed by atoms with Crippen molar-refractivity contribution in [3.05, 3.63) is 16.1 Å². The summed E-state index contributed by atoms with van der Waals surface area (Å²) in [6, 6.07) is 0. The summed E-state index contributed by atoms with van der Waals surface area (Å²) in [4.78, 5) is 10.3. The van der Waals surface area contributed by atoms with Gasteiger partial charge >= 0.3 is 6.18 Å².